The smallest absolute Gasteiger partial charge is 0.334 e. The summed E-state index contributed by atoms with van der Waals surface area (Å²) in [6.45, 7) is 0.968. The highest BCUT2D eigenvalue weighted by atomic mass is 16.5. The quantitative estimate of drug-likeness (QED) is 0.377. The molecular formula is C12H24N2O4. The number of methoxy groups -OCH3 is 1. The average Bonchev–Trinajstić information content (AvgIpc) is 2.37. The van der Waals surface area contributed by atoms with Crippen LogP contribution in [-0.4, -0.2) is 43.3 Å². The molecule has 0 aromatic rings. The van der Waals surface area contributed by atoms with Gasteiger partial charge >= 0.3 is 5.97 Å². The molecule has 0 spiro atoms. The second-order valence-electron chi connectivity index (χ2n) is 4.13. The highest BCUT2D eigenvalue weighted by Crippen LogP contribution is 2.02. The Morgan fingerprint density at radius 2 is 1.94 bits per heavy atom. The van der Waals surface area contributed by atoms with Crippen molar-refractivity contribution in [2.75, 3.05) is 20.2 Å². The maximum atomic E-state index is 11.4. The Morgan fingerprint density at radius 3 is 2.56 bits per heavy atom. The zero-order chi connectivity index (χ0) is 13.8. The van der Waals surface area contributed by atoms with Crippen LogP contribution in [0.4, 0.5) is 0 Å². The van der Waals surface area contributed by atoms with Gasteiger partial charge in [0.25, 0.3) is 0 Å². The Kier molecular flexibility index (Phi) is 10.3. The van der Waals surface area contributed by atoms with E-state index in [1.54, 1.807) is 0 Å². The van der Waals surface area contributed by atoms with Crippen molar-refractivity contribution >= 4 is 11.9 Å². The predicted octanol–water partition coefficient (Wildman–Crippen LogP) is -0.0642. The van der Waals surface area contributed by atoms with E-state index in [2.05, 4.69) is 10.1 Å². The van der Waals surface area contributed by atoms with E-state index in [0.717, 1.165) is 25.7 Å². The molecule has 0 saturated carbocycles. The van der Waals surface area contributed by atoms with E-state index in [9.17, 15) is 14.7 Å². The summed E-state index contributed by atoms with van der Waals surface area (Å²) in [6, 6.07) is 0. The average molecular weight is 260 g/mol. The normalized spacial score (nSPS) is 11.9. The van der Waals surface area contributed by atoms with Gasteiger partial charge in [-0.25, -0.2) is 4.79 Å². The topological polar surface area (TPSA) is 102 Å². The van der Waals surface area contributed by atoms with Crippen molar-refractivity contribution in [2.45, 2.75) is 44.6 Å². The Balaban J connectivity index is 3.45. The van der Waals surface area contributed by atoms with Crippen molar-refractivity contribution in [1.29, 1.82) is 0 Å². The zero-order valence-corrected chi connectivity index (χ0v) is 11.0. The number of hydrogen-bond donors (Lipinski definition) is 3. The largest absolute Gasteiger partial charge is 0.467 e. The number of amides is 1. The number of aliphatic hydroxyl groups is 1. The van der Waals surface area contributed by atoms with Crippen LogP contribution in [0.1, 0.15) is 38.5 Å². The number of ether oxygens (including phenoxy) is 1. The molecule has 106 valence electrons. The van der Waals surface area contributed by atoms with E-state index in [-0.39, 0.29) is 18.9 Å². The molecule has 1 atom stereocenters. The molecule has 0 radical (unpaired) electrons. The summed E-state index contributed by atoms with van der Waals surface area (Å²) in [4.78, 5) is 22.2. The number of carbonyl (C=O) groups is 2. The fraction of sp³-hybridized carbons (Fsp3) is 0.833. The first-order chi connectivity index (χ1) is 8.61. The number of hydrogen-bond acceptors (Lipinski definition) is 5. The molecule has 0 fully saturated rings. The Hall–Kier alpha value is -1.14. The van der Waals surface area contributed by atoms with Gasteiger partial charge in [0.05, 0.1) is 7.11 Å². The van der Waals surface area contributed by atoms with Crippen LogP contribution < -0.4 is 11.1 Å². The molecule has 1 amide bonds. The Morgan fingerprint density at radius 1 is 1.28 bits per heavy atom. The van der Waals surface area contributed by atoms with E-state index in [0.29, 0.717) is 13.0 Å². The summed E-state index contributed by atoms with van der Waals surface area (Å²) in [7, 11) is 1.21. The van der Waals surface area contributed by atoms with Gasteiger partial charge < -0.3 is 20.9 Å². The minimum absolute atomic E-state index is 0.0557. The minimum Gasteiger partial charge on any atom is -0.467 e. The summed E-state index contributed by atoms with van der Waals surface area (Å²) >= 11 is 0. The molecule has 0 saturated heterocycles. The molecule has 18 heavy (non-hydrogen) atoms. The Bertz CT molecular complexity index is 246. The number of rotatable bonds is 10. The lowest BCUT2D eigenvalue weighted by molar-refractivity contribution is -0.150. The molecule has 0 rings (SSSR count). The van der Waals surface area contributed by atoms with Crippen molar-refractivity contribution in [1.82, 2.24) is 5.32 Å². The molecule has 0 bridgehead atoms. The lowest BCUT2D eigenvalue weighted by atomic mass is 10.1. The number of aliphatic hydroxyl groups excluding tert-OH is 1. The van der Waals surface area contributed by atoms with E-state index >= 15 is 0 Å². The molecule has 0 aliphatic rings. The van der Waals surface area contributed by atoms with Crippen LogP contribution in [0.15, 0.2) is 0 Å². The molecule has 0 heterocycles. The first kappa shape index (κ1) is 16.9. The van der Waals surface area contributed by atoms with Gasteiger partial charge in [0.1, 0.15) is 0 Å². The zero-order valence-electron chi connectivity index (χ0n) is 11.0. The van der Waals surface area contributed by atoms with Gasteiger partial charge in [-0.1, -0.05) is 12.8 Å². The standard InChI is InChI=1S/C12H24N2O4/c1-18-12(17)10(15)7-9-14-11(16)6-4-2-3-5-8-13/h10,15H,2-9,13H2,1H3,(H,14,16). The van der Waals surface area contributed by atoms with E-state index in [1.165, 1.54) is 7.11 Å². The highest BCUT2D eigenvalue weighted by molar-refractivity contribution is 5.76. The van der Waals surface area contributed by atoms with Gasteiger partial charge in [-0.05, 0) is 19.4 Å². The van der Waals surface area contributed by atoms with Crippen molar-refractivity contribution in [2.24, 2.45) is 5.73 Å². The van der Waals surface area contributed by atoms with Crippen LogP contribution in [0.5, 0.6) is 0 Å². The second kappa shape index (κ2) is 11.0. The number of nitrogens with two attached hydrogens (primary N) is 1. The molecule has 0 aromatic carbocycles. The van der Waals surface area contributed by atoms with Crippen LogP contribution in [0.3, 0.4) is 0 Å². The van der Waals surface area contributed by atoms with Crippen LogP contribution in [0, 0.1) is 0 Å². The number of esters is 1. The molecule has 0 aliphatic carbocycles. The molecule has 1 unspecified atom stereocenters. The van der Waals surface area contributed by atoms with Crippen molar-refractivity contribution in [3.05, 3.63) is 0 Å². The van der Waals surface area contributed by atoms with Gasteiger partial charge in [0.2, 0.25) is 5.91 Å². The van der Waals surface area contributed by atoms with Gasteiger partial charge in [0, 0.05) is 19.4 Å². The summed E-state index contributed by atoms with van der Waals surface area (Å²) in [5, 5.41) is 11.9. The fourth-order valence-corrected chi connectivity index (χ4v) is 1.47. The SMILES string of the molecule is COC(=O)C(O)CCNC(=O)CCCCCCN. The fourth-order valence-electron chi connectivity index (χ4n) is 1.47. The number of nitrogens with one attached hydrogen (secondary N) is 1. The summed E-state index contributed by atoms with van der Waals surface area (Å²) in [5.74, 6) is -0.731. The van der Waals surface area contributed by atoms with Crippen LogP contribution in [0.2, 0.25) is 0 Å². The van der Waals surface area contributed by atoms with E-state index < -0.39 is 12.1 Å². The van der Waals surface area contributed by atoms with E-state index in [4.69, 9.17) is 5.73 Å². The minimum atomic E-state index is -1.17. The lowest BCUT2D eigenvalue weighted by Crippen LogP contribution is -2.30. The molecule has 6 heteroatoms. The molecule has 4 N–H and O–H groups in total. The first-order valence-electron chi connectivity index (χ1n) is 6.34. The maximum Gasteiger partial charge on any atom is 0.334 e. The second-order valence-corrected chi connectivity index (χ2v) is 4.13. The molecule has 0 aliphatic heterocycles. The Labute approximate surface area is 108 Å². The third-order valence-electron chi connectivity index (χ3n) is 2.57. The van der Waals surface area contributed by atoms with Gasteiger partial charge in [0.15, 0.2) is 6.10 Å². The molecular weight excluding hydrogens is 236 g/mol. The maximum absolute atomic E-state index is 11.4. The van der Waals surface area contributed by atoms with Crippen molar-refractivity contribution in [3.8, 4) is 0 Å². The van der Waals surface area contributed by atoms with Gasteiger partial charge in [-0.15, -0.1) is 0 Å². The first-order valence-corrected chi connectivity index (χ1v) is 6.34. The van der Waals surface area contributed by atoms with Crippen LogP contribution in [0.25, 0.3) is 0 Å². The van der Waals surface area contributed by atoms with Crippen LogP contribution >= 0.6 is 0 Å². The van der Waals surface area contributed by atoms with Gasteiger partial charge in [-0.3, -0.25) is 4.79 Å². The van der Waals surface area contributed by atoms with E-state index in [1.807, 2.05) is 0 Å². The van der Waals surface area contributed by atoms with Crippen molar-refractivity contribution in [3.63, 3.8) is 0 Å². The van der Waals surface area contributed by atoms with Crippen LogP contribution in [-0.2, 0) is 14.3 Å². The van der Waals surface area contributed by atoms with Crippen molar-refractivity contribution < 1.29 is 19.4 Å². The number of unbranched alkanes of at least 4 members (excludes halogenated alkanes) is 3. The summed E-state index contributed by atoms with van der Waals surface area (Å²) < 4.78 is 4.36. The van der Waals surface area contributed by atoms with Gasteiger partial charge in [-0.2, -0.15) is 0 Å². The third-order valence-corrected chi connectivity index (χ3v) is 2.57. The predicted molar refractivity (Wildman–Crippen MR) is 67.8 cm³/mol. The summed E-state index contributed by atoms with van der Waals surface area (Å²) in [5.41, 5.74) is 5.36. The highest BCUT2D eigenvalue weighted by Gasteiger charge is 2.14. The third kappa shape index (κ3) is 8.95. The molecule has 6 nitrogen and oxygen atoms in total. The monoisotopic (exact) mass is 260 g/mol. The summed E-state index contributed by atoms with van der Waals surface area (Å²) in [6.07, 6.45) is 3.35. The number of carbonyl (C=O) groups excluding carboxylic acids is 2. The lowest BCUT2D eigenvalue weighted by Gasteiger charge is -2.09. The molecule has 0 aromatic heterocycles.